The summed E-state index contributed by atoms with van der Waals surface area (Å²) < 4.78 is 58.9. The summed E-state index contributed by atoms with van der Waals surface area (Å²) in [5.74, 6) is 0. The number of hydrogen-bond donors (Lipinski definition) is 0. The van der Waals surface area contributed by atoms with Crippen LogP contribution >= 0.6 is 15.8 Å². The largest absolute Gasteiger partial charge is 2.00 e. The minimum Gasteiger partial charge on any atom is -0.741 e. The van der Waals surface area contributed by atoms with Gasteiger partial charge >= 0.3 is 25.9 Å². The van der Waals surface area contributed by atoms with Crippen molar-refractivity contribution in [1.29, 1.82) is 0 Å². The summed E-state index contributed by atoms with van der Waals surface area (Å²) in [5.41, 5.74) is 1.79. The van der Waals surface area contributed by atoms with Gasteiger partial charge in [0.05, 0.1) is 0 Å². The Morgan fingerprint density at radius 3 is 1.12 bits per heavy atom. The topological polar surface area (TPSA) is 57.2 Å². The van der Waals surface area contributed by atoms with E-state index in [1.807, 2.05) is 0 Å². The summed E-state index contributed by atoms with van der Waals surface area (Å²) in [7, 11) is -5.80. The van der Waals surface area contributed by atoms with Gasteiger partial charge in [0.15, 0.2) is 10.1 Å². The summed E-state index contributed by atoms with van der Waals surface area (Å²) in [6.45, 7) is 0. The molecule has 4 aliphatic rings. The number of benzene rings is 1. The van der Waals surface area contributed by atoms with E-state index in [1.165, 1.54) is 141 Å². The van der Waals surface area contributed by atoms with Crippen molar-refractivity contribution in [3.8, 4) is 0 Å². The van der Waals surface area contributed by atoms with Gasteiger partial charge in [-0.25, -0.2) is 8.42 Å². The zero-order chi connectivity index (χ0) is 30.0. The molecule has 0 saturated heterocycles. The van der Waals surface area contributed by atoms with Crippen LogP contribution < -0.4 is 0 Å². The van der Waals surface area contributed by atoms with Gasteiger partial charge in [-0.1, -0.05) is 92.9 Å². The van der Waals surface area contributed by atoms with Gasteiger partial charge in [-0.3, -0.25) is 0 Å². The van der Waals surface area contributed by atoms with E-state index < -0.39 is 15.6 Å². The van der Waals surface area contributed by atoms with Crippen LogP contribution in [0.1, 0.15) is 140 Å². The van der Waals surface area contributed by atoms with Gasteiger partial charge < -0.3 is 4.55 Å². The Labute approximate surface area is 275 Å². The molecule has 0 radical (unpaired) electrons. The molecule has 0 unspecified atom stereocenters. The molecule has 1 aromatic rings. The average molecular weight is 753 g/mol. The van der Waals surface area contributed by atoms with E-state index in [0.29, 0.717) is 0 Å². The fourth-order valence-electron chi connectivity index (χ4n) is 7.91. The van der Waals surface area contributed by atoms with Crippen molar-refractivity contribution >= 4 is 26.0 Å². The Kier molecular flexibility index (Phi) is 16.5. The zero-order valence-electron chi connectivity index (χ0n) is 25.6. The standard InChI is InChI=1S/C32H51P2.CHF3O3S.Pd/c1-5-16-29(17-6-1)33(30-18-7-2-8-19-30)25-27-14-13-15-28(24-27)26-34(31-20-9-3-10-21-31)32-22-11-4-12-23-32;2-1(3,4)8(5,6)7;/h13-15,29-32H,1-12,16-23,25-26H2;(H,5,6,7);/q-1;;+2/p-1. The second-order valence-electron chi connectivity index (χ2n) is 13.1. The van der Waals surface area contributed by atoms with Crippen molar-refractivity contribution < 1.29 is 46.6 Å². The Bertz CT molecular complexity index is 941. The maximum Gasteiger partial charge on any atom is 2.00 e. The van der Waals surface area contributed by atoms with Crippen molar-refractivity contribution in [2.24, 2.45) is 0 Å². The van der Waals surface area contributed by atoms with Gasteiger partial charge in [0.1, 0.15) is 0 Å². The summed E-state index contributed by atoms with van der Waals surface area (Å²) >= 11 is 0. The van der Waals surface area contributed by atoms with E-state index in [0.717, 1.165) is 22.6 Å². The molecule has 3 nitrogen and oxygen atoms in total. The molecule has 4 aliphatic carbocycles. The summed E-state index contributed by atoms with van der Waals surface area (Å²) in [6, 6.07) is 11.4. The summed E-state index contributed by atoms with van der Waals surface area (Å²) in [6.07, 6.45) is 33.1. The van der Waals surface area contributed by atoms with Crippen LogP contribution in [0, 0.1) is 6.07 Å². The third kappa shape index (κ3) is 12.2. The van der Waals surface area contributed by atoms with Gasteiger partial charge in [0, 0.05) is 0 Å². The third-order valence-electron chi connectivity index (χ3n) is 10.1. The van der Waals surface area contributed by atoms with Crippen molar-refractivity contribution in [1.82, 2.24) is 0 Å². The van der Waals surface area contributed by atoms with E-state index in [1.54, 1.807) is 11.1 Å². The van der Waals surface area contributed by atoms with Crippen LogP contribution in [0.4, 0.5) is 13.2 Å². The number of rotatable bonds is 8. The monoisotopic (exact) mass is 752 g/mol. The predicted molar refractivity (Wildman–Crippen MR) is 170 cm³/mol. The first kappa shape index (κ1) is 37.9. The van der Waals surface area contributed by atoms with Gasteiger partial charge in [0.25, 0.3) is 0 Å². The average Bonchev–Trinajstić information content (AvgIpc) is 3.00. The van der Waals surface area contributed by atoms with Gasteiger partial charge in [-0.15, -0.1) is 0 Å². The molecule has 4 fully saturated rings. The first-order chi connectivity index (χ1) is 20.1. The molecule has 4 saturated carbocycles. The summed E-state index contributed by atoms with van der Waals surface area (Å²) in [5, 5.41) is 0. The molecular weight excluding hydrogens is 702 g/mol. The second-order valence-corrected chi connectivity index (χ2v) is 20.1. The molecular formula is C33H51F3O3P2PdS. The second kappa shape index (κ2) is 18.7. The van der Waals surface area contributed by atoms with E-state index in [9.17, 15) is 13.2 Å². The zero-order valence-corrected chi connectivity index (χ0v) is 29.7. The Balaban J connectivity index is 0.000000497. The minimum absolute atomic E-state index is 0. The molecule has 0 atom stereocenters. The Hall–Kier alpha value is 0.442. The van der Waals surface area contributed by atoms with Crippen molar-refractivity contribution in [2.45, 2.75) is 169 Å². The van der Waals surface area contributed by atoms with Gasteiger partial charge in [-0.05, 0) is 86.3 Å². The van der Waals surface area contributed by atoms with E-state index >= 15 is 0 Å². The van der Waals surface area contributed by atoms with Crippen LogP contribution in [0.3, 0.4) is 0 Å². The first-order valence-electron chi connectivity index (χ1n) is 16.7. The smallest absolute Gasteiger partial charge is 0.741 e. The van der Waals surface area contributed by atoms with Gasteiger partial charge in [0.2, 0.25) is 0 Å². The van der Waals surface area contributed by atoms with Crippen LogP contribution in [0.25, 0.3) is 0 Å². The molecule has 0 heterocycles. The molecule has 10 heteroatoms. The molecule has 0 N–H and O–H groups in total. The quantitative estimate of drug-likeness (QED) is 0.0873. The van der Waals surface area contributed by atoms with Crippen molar-refractivity contribution in [3.63, 3.8) is 0 Å². The molecule has 0 bridgehead atoms. The van der Waals surface area contributed by atoms with Crippen LogP contribution in [0.5, 0.6) is 0 Å². The SMILES string of the molecule is O=S(=O)([O-])C(F)(F)F.[Pd+2].[c-]1c(CP(C2CCCCC2)C2CCCCC2)cccc1CP(C1CCCCC1)C1CCCCC1. The van der Waals surface area contributed by atoms with Crippen molar-refractivity contribution in [3.05, 3.63) is 35.4 Å². The Morgan fingerprint density at radius 2 is 0.884 bits per heavy atom. The van der Waals surface area contributed by atoms with Crippen LogP contribution in [0.2, 0.25) is 0 Å². The molecule has 0 aromatic heterocycles. The van der Waals surface area contributed by atoms with Crippen LogP contribution in [0.15, 0.2) is 18.2 Å². The predicted octanol–water partition coefficient (Wildman–Crippen LogP) is 10.8. The fraction of sp³-hybridized carbons (Fsp3) is 0.818. The fourth-order valence-corrected chi connectivity index (χ4v) is 15.4. The van der Waals surface area contributed by atoms with Crippen LogP contribution in [-0.2, 0) is 42.9 Å². The molecule has 0 amide bonds. The minimum atomic E-state index is -6.09. The van der Waals surface area contributed by atoms with Crippen molar-refractivity contribution in [2.75, 3.05) is 0 Å². The first-order valence-corrected chi connectivity index (χ1v) is 21.4. The summed E-state index contributed by atoms with van der Waals surface area (Å²) in [4.78, 5) is 0. The van der Waals surface area contributed by atoms with Crippen LogP contribution in [-0.4, -0.2) is 41.1 Å². The van der Waals surface area contributed by atoms with E-state index in [-0.39, 0.29) is 36.3 Å². The molecule has 43 heavy (non-hydrogen) atoms. The number of alkyl halides is 3. The van der Waals surface area contributed by atoms with Gasteiger partial charge in [-0.2, -0.15) is 48.6 Å². The van der Waals surface area contributed by atoms with E-state index in [2.05, 4.69) is 24.3 Å². The third-order valence-corrected chi connectivity index (χ3v) is 17.9. The molecule has 5 rings (SSSR count). The Morgan fingerprint density at radius 1 is 0.628 bits per heavy atom. The molecule has 1 aromatic carbocycles. The maximum atomic E-state index is 10.7. The van der Waals surface area contributed by atoms with E-state index in [4.69, 9.17) is 13.0 Å². The normalized spacial score (nSPS) is 22.2. The molecule has 0 spiro atoms. The molecule has 0 aliphatic heterocycles. The maximum absolute atomic E-state index is 10.7. The molecule has 248 valence electrons. The number of halogens is 3. The number of hydrogen-bond acceptors (Lipinski definition) is 3.